The lowest BCUT2D eigenvalue weighted by atomic mass is 10.1. The number of carbonyl (C=O) groups excluding carboxylic acids is 3. The minimum absolute atomic E-state index is 0.0214. The number of benzene rings is 1. The van der Waals surface area contributed by atoms with E-state index in [9.17, 15) is 14.4 Å². The zero-order chi connectivity index (χ0) is 19.1. The monoisotopic (exact) mass is 376 g/mol. The normalized spacial score (nSPS) is 25.8. The van der Waals surface area contributed by atoms with Crippen LogP contribution < -0.4 is 5.32 Å². The van der Waals surface area contributed by atoms with Crippen molar-refractivity contribution in [2.75, 3.05) is 11.1 Å². The average Bonchev–Trinajstić information content (AvgIpc) is 3.06. The molecule has 3 atom stereocenters. The Morgan fingerprint density at radius 1 is 1.38 bits per heavy atom. The predicted molar refractivity (Wildman–Crippen MR) is 101 cm³/mol. The summed E-state index contributed by atoms with van der Waals surface area (Å²) in [4.78, 5) is 38.4. The maximum atomic E-state index is 12.5. The molecular weight excluding hydrogens is 352 g/mol. The van der Waals surface area contributed by atoms with Crippen LogP contribution in [-0.2, 0) is 19.1 Å². The van der Waals surface area contributed by atoms with Crippen molar-refractivity contribution in [2.24, 2.45) is 0 Å². The fraction of sp³-hybridized carbons (Fsp3) is 0.526. The van der Waals surface area contributed by atoms with E-state index >= 15 is 0 Å². The highest BCUT2D eigenvalue weighted by Crippen LogP contribution is 2.47. The number of thioether (sulfide) groups is 1. The maximum Gasteiger partial charge on any atom is 0.330 e. The second-order valence-electron chi connectivity index (χ2n) is 7.15. The van der Waals surface area contributed by atoms with Gasteiger partial charge in [-0.15, -0.1) is 11.8 Å². The highest BCUT2D eigenvalue weighted by Gasteiger charge is 2.53. The van der Waals surface area contributed by atoms with Gasteiger partial charge in [0.1, 0.15) is 6.04 Å². The molecule has 2 aliphatic rings. The van der Waals surface area contributed by atoms with Gasteiger partial charge in [0.15, 0.2) is 6.10 Å². The molecule has 140 valence electrons. The number of anilines is 1. The van der Waals surface area contributed by atoms with E-state index in [4.69, 9.17) is 4.74 Å². The van der Waals surface area contributed by atoms with Crippen LogP contribution in [0.2, 0.25) is 0 Å². The Balaban J connectivity index is 1.62. The molecule has 1 N–H and O–H groups in total. The van der Waals surface area contributed by atoms with Crippen LogP contribution in [0.25, 0.3) is 0 Å². The lowest BCUT2D eigenvalue weighted by Crippen LogP contribution is -2.48. The molecule has 26 heavy (non-hydrogen) atoms. The van der Waals surface area contributed by atoms with Gasteiger partial charge < -0.3 is 15.0 Å². The molecule has 3 rings (SSSR count). The van der Waals surface area contributed by atoms with Crippen LogP contribution in [0.1, 0.15) is 37.8 Å². The van der Waals surface area contributed by atoms with Crippen molar-refractivity contribution >= 4 is 35.2 Å². The summed E-state index contributed by atoms with van der Waals surface area (Å²) in [6.07, 6.45) is 0.261. The molecule has 2 saturated heterocycles. The molecule has 2 fully saturated rings. The molecule has 1 aromatic carbocycles. The van der Waals surface area contributed by atoms with Crippen LogP contribution in [0, 0.1) is 13.8 Å². The molecule has 7 heteroatoms. The van der Waals surface area contributed by atoms with Crippen molar-refractivity contribution in [2.45, 2.75) is 57.6 Å². The van der Waals surface area contributed by atoms with Crippen molar-refractivity contribution < 1.29 is 19.1 Å². The third-order valence-corrected chi connectivity index (χ3v) is 6.52. The largest absolute Gasteiger partial charge is 0.451 e. The van der Waals surface area contributed by atoms with E-state index in [1.54, 1.807) is 23.6 Å². The Bertz CT molecular complexity index is 766. The van der Waals surface area contributed by atoms with E-state index in [1.807, 2.05) is 39.0 Å². The predicted octanol–water partition coefficient (Wildman–Crippen LogP) is 2.63. The Kier molecular flexibility index (Phi) is 5.01. The summed E-state index contributed by atoms with van der Waals surface area (Å²) < 4.78 is 5.38. The molecule has 0 aliphatic carbocycles. The first kappa shape index (κ1) is 18.8. The minimum Gasteiger partial charge on any atom is -0.451 e. The van der Waals surface area contributed by atoms with Gasteiger partial charge in [-0.25, -0.2) is 4.79 Å². The SMILES string of the molecule is Cc1ccc(NC(=O)[C@H](C)OC(=O)[C@H]2CS[C@@]3(C)CCC(=O)N23)c(C)c1. The molecule has 2 heterocycles. The van der Waals surface area contributed by atoms with Gasteiger partial charge >= 0.3 is 5.97 Å². The van der Waals surface area contributed by atoms with Gasteiger partial charge in [-0.1, -0.05) is 17.7 Å². The number of carbonyl (C=O) groups is 3. The Morgan fingerprint density at radius 2 is 2.12 bits per heavy atom. The van der Waals surface area contributed by atoms with E-state index in [1.165, 1.54) is 0 Å². The zero-order valence-electron chi connectivity index (χ0n) is 15.5. The van der Waals surface area contributed by atoms with Crippen molar-refractivity contribution in [3.8, 4) is 0 Å². The topological polar surface area (TPSA) is 75.7 Å². The number of amides is 2. The Labute approximate surface area is 157 Å². The van der Waals surface area contributed by atoms with Crippen LogP contribution >= 0.6 is 11.8 Å². The maximum absolute atomic E-state index is 12.5. The molecule has 6 nitrogen and oxygen atoms in total. The van der Waals surface area contributed by atoms with Gasteiger partial charge in [0.05, 0.1) is 4.87 Å². The summed E-state index contributed by atoms with van der Waals surface area (Å²) in [5.41, 5.74) is 2.75. The van der Waals surface area contributed by atoms with Gasteiger partial charge in [0.25, 0.3) is 5.91 Å². The number of rotatable bonds is 4. The second kappa shape index (κ2) is 6.95. The van der Waals surface area contributed by atoms with Crippen molar-refractivity contribution in [1.82, 2.24) is 4.90 Å². The van der Waals surface area contributed by atoms with Crippen LogP contribution in [0.4, 0.5) is 5.69 Å². The van der Waals surface area contributed by atoms with Gasteiger partial charge in [-0.05, 0) is 45.7 Å². The number of hydrogen-bond donors (Lipinski definition) is 1. The standard InChI is InChI=1S/C19H24N2O4S/c1-11-5-6-14(12(2)9-11)20-17(23)13(3)25-18(24)15-10-26-19(4)8-7-16(22)21(15)19/h5-6,9,13,15H,7-8,10H2,1-4H3,(H,20,23)/t13-,15+,19-/m0/s1. The fourth-order valence-electron chi connectivity index (χ4n) is 3.49. The third kappa shape index (κ3) is 3.45. The third-order valence-electron chi connectivity index (χ3n) is 5.02. The number of ether oxygens (including phenoxy) is 1. The molecule has 0 radical (unpaired) electrons. The molecule has 0 aromatic heterocycles. The van der Waals surface area contributed by atoms with Gasteiger partial charge in [0, 0.05) is 17.9 Å². The summed E-state index contributed by atoms with van der Waals surface area (Å²) >= 11 is 1.60. The van der Waals surface area contributed by atoms with Crippen LogP contribution in [0.3, 0.4) is 0 Å². The summed E-state index contributed by atoms with van der Waals surface area (Å²) in [5.74, 6) is -0.412. The van der Waals surface area contributed by atoms with Crippen molar-refractivity contribution in [3.05, 3.63) is 29.3 Å². The number of esters is 1. The molecule has 0 unspecified atom stereocenters. The van der Waals surface area contributed by atoms with Crippen molar-refractivity contribution in [3.63, 3.8) is 0 Å². The highest BCUT2D eigenvalue weighted by molar-refractivity contribution is 8.01. The smallest absolute Gasteiger partial charge is 0.330 e. The Hall–Kier alpha value is -2.02. The van der Waals surface area contributed by atoms with Gasteiger partial charge in [-0.3, -0.25) is 9.59 Å². The molecule has 0 saturated carbocycles. The number of nitrogens with zero attached hydrogens (tertiary/aromatic N) is 1. The minimum atomic E-state index is -0.933. The van der Waals surface area contributed by atoms with Gasteiger partial charge in [-0.2, -0.15) is 0 Å². The van der Waals surface area contributed by atoms with E-state index < -0.39 is 18.1 Å². The van der Waals surface area contributed by atoms with Crippen LogP contribution in [0.15, 0.2) is 18.2 Å². The summed E-state index contributed by atoms with van der Waals surface area (Å²) in [6.45, 7) is 7.42. The van der Waals surface area contributed by atoms with E-state index in [-0.39, 0.29) is 16.7 Å². The zero-order valence-corrected chi connectivity index (χ0v) is 16.3. The molecule has 2 aliphatic heterocycles. The van der Waals surface area contributed by atoms with Crippen LogP contribution in [0.5, 0.6) is 0 Å². The summed E-state index contributed by atoms with van der Waals surface area (Å²) in [6, 6.07) is 5.10. The highest BCUT2D eigenvalue weighted by atomic mass is 32.2. The lowest BCUT2D eigenvalue weighted by Gasteiger charge is -2.29. The average molecular weight is 376 g/mol. The Morgan fingerprint density at radius 3 is 2.81 bits per heavy atom. The first-order valence-electron chi connectivity index (χ1n) is 8.76. The molecule has 0 bridgehead atoms. The molecule has 1 aromatic rings. The molecular formula is C19H24N2O4S. The number of nitrogens with one attached hydrogen (secondary N) is 1. The van der Waals surface area contributed by atoms with Crippen molar-refractivity contribution in [1.29, 1.82) is 0 Å². The number of aryl methyl sites for hydroxylation is 2. The first-order valence-corrected chi connectivity index (χ1v) is 9.74. The lowest BCUT2D eigenvalue weighted by molar-refractivity contribution is -0.160. The second-order valence-corrected chi connectivity index (χ2v) is 8.65. The van der Waals surface area contributed by atoms with E-state index in [2.05, 4.69) is 5.32 Å². The quantitative estimate of drug-likeness (QED) is 0.818. The summed E-state index contributed by atoms with van der Waals surface area (Å²) in [7, 11) is 0. The summed E-state index contributed by atoms with van der Waals surface area (Å²) in [5, 5.41) is 2.79. The fourth-order valence-corrected chi connectivity index (χ4v) is 4.91. The van der Waals surface area contributed by atoms with Gasteiger partial charge in [0.2, 0.25) is 5.91 Å². The number of fused-ring (bicyclic) bond motifs is 1. The van der Waals surface area contributed by atoms with Crippen LogP contribution in [-0.4, -0.2) is 45.5 Å². The number of hydrogen-bond acceptors (Lipinski definition) is 5. The van der Waals surface area contributed by atoms with E-state index in [0.717, 1.165) is 17.5 Å². The molecule has 2 amide bonds. The first-order chi connectivity index (χ1) is 12.2. The molecule has 0 spiro atoms. The van der Waals surface area contributed by atoms with E-state index in [0.29, 0.717) is 17.9 Å².